The standard InChI is InChI=1S/C27H41N/c1-21(2)10-5-6-11-22(3)12-9-13-24-16-17-25-20-28(26-14-7-8-15-26)19-18-27(25)23(24)4/h6,11-12,16-17,21,26H,5,7-10,13-15,18-20H2,1-4H3/b11-6-,22-12+. The predicted octanol–water partition coefficient (Wildman–Crippen LogP) is 7.17. The van der Waals surface area contributed by atoms with Gasteiger partial charge in [0.25, 0.3) is 0 Å². The normalized spacial score (nSPS) is 19.1. The third-order valence-electron chi connectivity index (χ3n) is 6.84. The Kier molecular flexibility index (Phi) is 7.97. The van der Waals surface area contributed by atoms with Crippen LogP contribution in [0.3, 0.4) is 0 Å². The van der Waals surface area contributed by atoms with Crippen molar-refractivity contribution in [2.24, 2.45) is 5.92 Å². The molecule has 1 aliphatic carbocycles. The summed E-state index contributed by atoms with van der Waals surface area (Å²) in [5.41, 5.74) is 7.79. The van der Waals surface area contributed by atoms with Crippen molar-refractivity contribution in [3.8, 4) is 0 Å². The fraction of sp³-hybridized carbons (Fsp3) is 0.630. The Bertz CT molecular complexity index is 688. The van der Waals surface area contributed by atoms with Crippen molar-refractivity contribution in [2.75, 3.05) is 6.54 Å². The van der Waals surface area contributed by atoms with E-state index in [2.05, 4.69) is 63.0 Å². The topological polar surface area (TPSA) is 3.24 Å². The summed E-state index contributed by atoms with van der Waals surface area (Å²) < 4.78 is 0. The molecule has 1 heteroatoms. The summed E-state index contributed by atoms with van der Waals surface area (Å²) in [6, 6.07) is 5.70. The minimum absolute atomic E-state index is 0.797. The molecular formula is C27H41N. The van der Waals surface area contributed by atoms with E-state index in [4.69, 9.17) is 0 Å². The third-order valence-corrected chi connectivity index (χ3v) is 6.84. The number of fused-ring (bicyclic) bond motifs is 1. The number of nitrogens with zero attached hydrogens (tertiary/aromatic N) is 1. The zero-order valence-corrected chi connectivity index (χ0v) is 18.8. The quantitative estimate of drug-likeness (QED) is 0.433. The maximum Gasteiger partial charge on any atom is 0.0239 e. The number of hydrogen-bond donors (Lipinski definition) is 0. The molecule has 1 saturated carbocycles. The van der Waals surface area contributed by atoms with Gasteiger partial charge in [0, 0.05) is 19.1 Å². The molecule has 0 atom stereocenters. The monoisotopic (exact) mass is 379 g/mol. The van der Waals surface area contributed by atoms with Crippen LogP contribution in [0.25, 0.3) is 0 Å². The summed E-state index contributed by atoms with van der Waals surface area (Å²) in [5, 5.41) is 0. The lowest BCUT2D eigenvalue weighted by atomic mass is 9.89. The molecule has 0 saturated heterocycles. The molecule has 1 nitrogen and oxygen atoms in total. The fourth-order valence-corrected chi connectivity index (χ4v) is 4.98. The smallest absolute Gasteiger partial charge is 0.0239 e. The van der Waals surface area contributed by atoms with Gasteiger partial charge in [-0.15, -0.1) is 0 Å². The average Bonchev–Trinajstić information content (AvgIpc) is 3.21. The van der Waals surface area contributed by atoms with E-state index < -0.39 is 0 Å². The van der Waals surface area contributed by atoms with Gasteiger partial charge in [-0.3, -0.25) is 4.90 Å². The lowest BCUT2D eigenvalue weighted by Crippen LogP contribution is -2.38. The van der Waals surface area contributed by atoms with Crippen molar-refractivity contribution in [3.63, 3.8) is 0 Å². The van der Waals surface area contributed by atoms with E-state index in [1.165, 1.54) is 70.0 Å². The molecule has 2 aliphatic rings. The van der Waals surface area contributed by atoms with Gasteiger partial charge < -0.3 is 0 Å². The summed E-state index contributed by atoms with van der Waals surface area (Å²) in [5.74, 6) is 0.797. The minimum atomic E-state index is 0.797. The highest BCUT2D eigenvalue weighted by molar-refractivity contribution is 5.42. The molecule has 1 aromatic carbocycles. The van der Waals surface area contributed by atoms with E-state index in [1.807, 2.05) is 0 Å². The Morgan fingerprint density at radius 1 is 1.18 bits per heavy atom. The van der Waals surface area contributed by atoms with Crippen molar-refractivity contribution in [3.05, 3.63) is 58.2 Å². The van der Waals surface area contributed by atoms with Crippen LogP contribution in [0.2, 0.25) is 0 Å². The predicted molar refractivity (Wildman–Crippen MR) is 123 cm³/mol. The Morgan fingerprint density at radius 2 is 1.96 bits per heavy atom. The maximum atomic E-state index is 2.76. The molecule has 0 spiro atoms. The first-order valence-corrected chi connectivity index (χ1v) is 11.7. The van der Waals surface area contributed by atoms with Crippen molar-refractivity contribution in [1.29, 1.82) is 0 Å². The zero-order valence-electron chi connectivity index (χ0n) is 18.8. The fourth-order valence-electron chi connectivity index (χ4n) is 4.98. The summed E-state index contributed by atoms with van der Waals surface area (Å²) in [4.78, 5) is 2.76. The molecule has 1 heterocycles. The van der Waals surface area contributed by atoms with Gasteiger partial charge in [0.1, 0.15) is 0 Å². The number of benzene rings is 1. The van der Waals surface area contributed by atoms with Crippen LogP contribution in [0, 0.1) is 12.8 Å². The molecule has 1 aliphatic heterocycles. The van der Waals surface area contributed by atoms with Crippen molar-refractivity contribution < 1.29 is 0 Å². The SMILES string of the molecule is CC(/C=C\CCC(C)C)=C\CCc1ccc2c(c1C)CCN(C1CCCC1)C2. The number of hydrogen-bond acceptors (Lipinski definition) is 1. The first kappa shape index (κ1) is 21.4. The van der Waals surface area contributed by atoms with Gasteiger partial charge >= 0.3 is 0 Å². The highest BCUT2D eigenvalue weighted by Gasteiger charge is 2.26. The highest BCUT2D eigenvalue weighted by atomic mass is 15.2. The van der Waals surface area contributed by atoms with Crippen LogP contribution in [0.1, 0.15) is 88.0 Å². The minimum Gasteiger partial charge on any atom is -0.296 e. The van der Waals surface area contributed by atoms with Gasteiger partial charge in [0.2, 0.25) is 0 Å². The average molecular weight is 380 g/mol. The molecule has 1 aromatic rings. The molecule has 154 valence electrons. The van der Waals surface area contributed by atoms with Crippen LogP contribution in [-0.4, -0.2) is 17.5 Å². The van der Waals surface area contributed by atoms with Crippen LogP contribution >= 0.6 is 0 Å². The molecule has 0 amide bonds. The summed E-state index contributed by atoms with van der Waals surface area (Å²) in [6.45, 7) is 11.6. The van der Waals surface area contributed by atoms with E-state index in [0.717, 1.165) is 18.4 Å². The lowest BCUT2D eigenvalue weighted by molar-refractivity contribution is 0.181. The highest BCUT2D eigenvalue weighted by Crippen LogP contribution is 2.31. The van der Waals surface area contributed by atoms with Crippen LogP contribution in [-0.2, 0) is 19.4 Å². The number of aryl methyl sites for hydroxylation is 1. The molecule has 0 N–H and O–H groups in total. The van der Waals surface area contributed by atoms with Crippen LogP contribution in [0.5, 0.6) is 0 Å². The van der Waals surface area contributed by atoms with Crippen molar-refractivity contribution >= 4 is 0 Å². The van der Waals surface area contributed by atoms with E-state index in [9.17, 15) is 0 Å². The van der Waals surface area contributed by atoms with Crippen LogP contribution < -0.4 is 0 Å². The Hall–Kier alpha value is -1.34. The number of rotatable bonds is 8. The molecule has 0 aromatic heterocycles. The Morgan fingerprint density at radius 3 is 2.71 bits per heavy atom. The zero-order chi connectivity index (χ0) is 19.9. The maximum absolute atomic E-state index is 2.76. The van der Waals surface area contributed by atoms with Gasteiger partial charge in [-0.25, -0.2) is 0 Å². The molecule has 3 rings (SSSR count). The van der Waals surface area contributed by atoms with Gasteiger partial charge in [0.05, 0.1) is 0 Å². The van der Waals surface area contributed by atoms with Gasteiger partial charge in [-0.1, -0.05) is 62.6 Å². The van der Waals surface area contributed by atoms with Crippen LogP contribution in [0.4, 0.5) is 0 Å². The largest absolute Gasteiger partial charge is 0.296 e. The Balaban J connectivity index is 1.54. The molecule has 1 fully saturated rings. The van der Waals surface area contributed by atoms with Crippen LogP contribution in [0.15, 0.2) is 35.9 Å². The van der Waals surface area contributed by atoms with Gasteiger partial charge in [-0.05, 0) is 87.0 Å². The number of allylic oxidation sites excluding steroid dienone is 4. The first-order valence-electron chi connectivity index (χ1n) is 11.7. The molecule has 0 unspecified atom stereocenters. The second kappa shape index (κ2) is 10.4. The molecule has 0 bridgehead atoms. The Labute approximate surface area is 173 Å². The molecule has 28 heavy (non-hydrogen) atoms. The second-order valence-electron chi connectivity index (χ2n) is 9.51. The third kappa shape index (κ3) is 5.83. The lowest BCUT2D eigenvalue weighted by Gasteiger charge is -2.34. The molecular weight excluding hydrogens is 338 g/mol. The van der Waals surface area contributed by atoms with Gasteiger partial charge in [0.15, 0.2) is 0 Å². The summed E-state index contributed by atoms with van der Waals surface area (Å²) in [6.07, 6.45) is 18.8. The van der Waals surface area contributed by atoms with E-state index in [1.54, 1.807) is 22.3 Å². The summed E-state index contributed by atoms with van der Waals surface area (Å²) in [7, 11) is 0. The van der Waals surface area contributed by atoms with Gasteiger partial charge in [-0.2, -0.15) is 0 Å². The summed E-state index contributed by atoms with van der Waals surface area (Å²) >= 11 is 0. The molecule has 0 radical (unpaired) electrons. The first-order chi connectivity index (χ1) is 13.5. The van der Waals surface area contributed by atoms with E-state index in [0.29, 0.717) is 0 Å². The van der Waals surface area contributed by atoms with E-state index in [-0.39, 0.29) is 0 Å². The van der Waals surface area contributed by atoms with Crippen molar-refractivity contribution in [2.45, 2.75) is 98.1 Å². The van der Waals surface area contributed by atoms with E-state index >= 15 is 0 Å². The second-order valence-corrected chi connectivity index (χ2v) is 9.51. The van der Waals surface area contributed by atoms with Crippen molar-refractivity contribution in [1.82, 2.24) is 4.90 Å².